The van der Waals surface area contributed by atoms with Crippen LogP contribution in [-0.2, 0) is 9.47 Å². The van der Waals surface area contributed by atoms with Gasteiger partial charge in [-0.05, 0) is 26.7 Å². The Labute approximate surface area is 126 Å². The monoisotopic (exact) mass is 288 g/mol. The van der Waals surface area contributed by atoms with Gasteiger partial charge in [0.1, 0.15) is 0 Å². The Morgan fingerprint density at radius 2 is 1.40 bits per heavy atom. The molecule has 0 aromatic carbocycles. The Morgan fingerprint density at radius 1 is 0.850 bits per heavy atom. The van der Waals surface area contributed by atoms with E-state index in [0.717, 1.165) is 19.3 Å². The Morgan fingerprint density at radius 3 is 1.85 bits per heavy atom. The van der Waals surface area contributed by atoms with Crippen LogP contribution in [0.25, 0.3) is 0 Å². The SMILES string of the molecule is CCCCCCCCC(CO)C(CC)(OCC)OCC. The van der Waals surface area contributed by atoms with Crippen molar-refractivity contribution >= 4 is 0 Å². The summed E-state index contributed by atoms with van der Waals surface area (Å²) in [6, 6.07) is 0. The molecule has 1 atom stereocenters. The van der Waals surface area contributed by atoms with Crippen LogP contribution in [0.1, 0.15) is 79.1 Å². The predicted molar refractivity (Wildman–Crippen MR) is 84.8 cm³/mol. The van der Waals surface area contributed by atoms with Crippen LogP contribution in [0.3, 0.4) is 0 Å². The third kappa shape index (κ3) is 7.05. The molecule has 1 unspecified atom stereocenters. The fraction of sp³-hybridized carbons (Fsp3) is 1.00. The lowest BCUT2D eigenvalue weighted by atomic mass is 9.90. The zero-order chi connectivity index (χ0) is 15.3. The highest BCUT2D eigenvalue weighted by Gasteiger charge is 2.38. The molecule has 20 heavy (non-hydrogen) atoms. The van der Waals surface area contributed by atoms with Crippen molar-refractivity contribution in [1.29, 1.82) is 0 Å². The molecular formula is C17H36O3. The lowest BCUT2D eigenvalue weighted by Crippen LogP contribution is -2.45. The number of unbranched alkanes of at least 4 members (excludes halogenated alkanes) is 5. The molecule has 122 valence electrons. The van der Waals surface area contributed by atoms with Crippen molar-refractivity contribution in [2.45, 2.75) is 84.8 Å². The first kappa shape index (κ1) is 19.9. The van der Waals surface area contributed by atoms with Crippen LogP contribution in [0.15, 0.2) is 0 Å². The van der Waals surface area contributed by atoms with Gasteiger partial charge in [-0.15, -0.1) is 0 Å². The van der Waals surface area contributed by atoms with Crippen LogP contribution in [0.5, 0.6) is 0 Å². The molecule has 3 nitrogen and oxygen atoms in total. The average Bonchev–Trinajstić information content (AvgIpc) is 2.46. The summed E-state index contributed by atoms with van der Waals surface area (Å²) in [7, 11) is 0. The first-order valence-corrected chi connectivity index (χ1v) is 8.59. The van der Waals surface area contributed by atoms with E-state index >= 15 is 0 Å². The number of rotatable bonds is 14. The molecule has 1 N–H and O–H groups in total. The second kappa shape index (κ2) is 12.6. The third-order valence-electron chi connectivity index (χ3n) is 4.02. The largest absolute Gasteiger partial charge is 0.396 e. The highest BCUT2D eigenvalue weighted by Crippen LogP contribution is 2.31. The number of aliphatic hydroxyl groups excluding tert-OH is 1. The van der Waals surface area contributed by atoms with Gasteiger partial charge in [-0.3, -0.25) is 0 Å². The molecule has 0 spiro atoms. The van der Waals surface area contributed by atoms with Gasteiger partial charge in [0, 0.05) is 19.1 Å². The van der Waals surface area contributed by atoms with Crippen LogP contribution in [0, 0.1) is 5.92 Å². The molecule has 0 aromatic heterocycles. The minimum atomic E-state index is -0.596. The molecule has 0 bridgehead atoms. The van der Waals surface area contributed by atoms with E-state index in [1.54, 1.807) is 0 Å². The van der Waals surface area contributed by atoms with Crippen LogP contribution in [0.4, 0.5) is 0 Å². The normalized spacial score (nSPS) is 13.7. The van der Waals surface area contributed by atoms with E-state index in [0.29, 0.717) is 13.2 Å². The number of aliphatic hydroxyl groups is 1. The molecule has 0 aromatic rings. The van der Waals surface area contributed by atoms with E-state index in [1.165, 1.54) is 32.1 Å². The molecule has 0 saturated heterocycles. The van der Waals surface area contributed by atoms with Crippen molar-refractivity contribution < 1.29 is 14.6 Å². The summed E-state index contributed by atoms with van der Waals surface area (Å²) in [5.41, 5.74) is 0. The van der Waals surface area contributed by atoms with E-state index < -0.39 is 5.79 Å². The second-order valence-electron chi connectivity index (χ2n) is 5.47. The Hall–Kier alpha value is -0.120. The molecule has 0 saturated carbocycles. The van der Waals surface area contributed by atoms with Gasteiger partial charge in [-0.25, -0.2) is 0 Å². The van der Waals surface area contributed by atoms with E-state index in [9.17, 15) is 5.11 Å². The third-order valence-corrected chi connectivity index (χ3v) is 4.02. The van der Waals surface area contributed by atoms with Gasteiger partial charge in [0.25, 0.3) is 0 Å². The maximum atomic E-state index is 9.73. The molecule has 0 heterocycles. The van der Waals surface area contributed by atoms with Crippen LogP contribution >= 0.6 is 0 Å². The second-order valence-corrected chi connectivity index (χ2v) is 5.47. The van der Waals surface area contributed by atoms with E-state index in [-0.39, 0.29) is 12.5 Å². The summed E-state index contributed by atoms with van der Waals surface area (Å²) in [4.78, 5) is 0. The zero-order valence-electron chi connectivity index (χ0n) is 14.1. The minimum Gasteiger partial charge on any atom is -0.396 e. The summed E-state index contributed by atoms with van der Waals surface area (Å²) < 4.78 is 11.8. The molecule has 0 rings (SSSR count). The zero-order valence-corrected chi connectivity index (χ0v) is 14.1. The summed E-state index contributed by atoms with van der Waals surface area (Å²) in [5, 5.41) is 9.73. The van der Waals surface area contributed by atoms with Crippen LogP contribution in [-0.4, -0.2) is 30.7 Å². The topological polar surface area (TPSA) is 38.7 Å². The Balaban J connectivity index is 4.28. The standard InChI is InChI=1S/C17H36O3/c1-5-9-10-11-12-13-14-16(15-18)17(6-2,19-7-3)20-8-4/h16,18H,5-15H2,1-4H3. The first-order valence-electron chi connectivity index (χ1n) is 8.59. The summed E-state index contributed by atoms with van der Waals surface area (Å²) in [6.45, 7) is 9.69. The molecule has 0 aliphatic rings. The minimum absolute atomic E-state index is 0.0820. The first-order chi connectivity index (χ1) is 9.70. The van der Waals surface area contributed by atoms with Crippen molar-refractivity contribution in [1.82, 2.24) is 0 Å². The Bertz CT molecular complexity index is 200. The van der Waals surface area contributed by atoms with Crippen molar-refractivity contribution in [2.24, 2.45) is 5.92 Å². The van der Waals surface area contributed by atoms with Gasteiger partial charge in [0.15, 0.2) is 5.79 Å². The smallest absolute Gasteiger partial charge is 0.172 e. The molecule has 0 aliphatic heterocycles. The van der Waals surface area contributed by atoms with Crippen molar-refractivity contribution in [3.8, 4) is 0 Å². The predicted octanol–water partition coefficient (Wildman–Crippen LogP) is 4.52. The van der Waals surface area contributed by atoms with Crippen LogP contribution in [0.2, 0.25) is 0 Å². The van der Waals surface area contributed by atoms with Gasteiger partial charge in [-0.1, -0.05) is 52.4 Å². The number of hydrogen-bond donors (Lipinski definition) is 1. The van der Waals surface area contributed by atoms with Crippen LogP contribution < -0.4 is 0 Å². The maximum Gasteiger partial charge on any atom is 0.172 e. The fourth-order valence-electron chi connectivity index (χ4n) is 2.88. The molecule has 0 fully saturated rings. The number of hydrogen-bond acceptors (Lipinski definition) is 3. The summed E-state index contributed by atoms with van der Waals surface area (Å²) in [5.74, 6) is -0.514. The molecule has 3 heteroatoms. The number of ether oxygens (including phenoxy) is 2. The van der Waals surface area contributed by atoms with Gasteiger partial charge in [0.05, 0.1) is 6.61 Å². The Kier molecular flexibility index (Phi) is 12.5. The van der Waals surface area contributed by atoms with Gasteiger partial charge < -0.3 is 14.6 Å². The molecule has 0 amide bonds. The fourth-order valence-corrected chi connectivity index (χ4v) is 2.88. The van der Waals surface area contributed by atoms with Crippen molar-refractivity contribution in [2.75, 3.05) is 19.8 Å². The van der Waals surface area contributed by atoms with Crippen molar-refractivity contribution in [3.05, 3.63) is 0 Å². The lowest BCUT2D eigenvalue weighted by Gasteiger charge is -2.38. The van der Waals surface area contributed by atoms with E-state index in [4.69, 9.17) is 9.47 Å². The van der Waals surface area contributed by atoms with E-state index in [2.05, 4.69) is 13.8 Å². The van der Waals surface area contributed by atoms with Gasteiger partial charge >= 0.3 is 0 Å². The summed E-state index contributed by atoms with van der Waals surface area (Å²) in [6.07, 6.45) is 9.41. The lowest BCUT2D eigenvalue weighted by molar-refractivity contribution is -0.271. The molecule has 0 radical (unpaired) electrons. The highest BCUT2D eigenvalue weighted by atomic mass is 16.7. The highest BCUT2D eigenvalue weighted by molar-refractivity contribution is 4.78. The molecule has 0 aliphatic carbocycles. The average molecular weight is 288 g/mol. The molecular weight excluding hydrogens is 252 g/mol. The van der Waals surface area contributed by atoms with Crippen molar-refractivity contribution in [3.63, 3.8) is 0 Å². The van der Waals surface area contributed by atoms with Gasteiger partial charge in [-0.2, -0.15) is 0 Å². The quantitative estimate of drug-likeness (QED) is 0.377. The maximum absolute atomic E-state index is 9.73. The van der Waals surface area contributed by atoms with Gasteiger partial charge in [0.2, 0.25) is 0 Å². The summed E-state index contributed by atoms with van der Waals surface area (Å²) >= 11 is 0. The van der Waals surface area contributed by atoms with E-state index in [1.807, 2.05) is 13.8 Å².